The minimum Gasteiger partial charge on any atom is -0.465 e. The molecular formula is C25H24N2O5. The van der Waals surface area contributed by atoms with Gasteiger partial charge in [-0.2, -0.15) is 0 Å². The number of para-hydroxylation sites is 1. The number of amides is 1. The van der Waals surface area contributed by atoms with E-state index in [4.69, 9.17) is 9.47 Å². The van der Waals surface area contributed by atoms with Gasteiger partial charge in [0, 0.05) is 29.7 Å². The van der Waals surface area contributed by atoms with Crippen molar-refractivity contribution in [1.29, 1.82) is 0 Å². The smallest absolute Gasteiger partial charge is 0.355 e. The Morgan fingerprint density at radius 1 is 0.875 bits per heavy atom. The van der Waals surface area contributed by atoms with Crippen LogP contribution in [0.1, 0.15) is 17.3 Å². The largest absolute Gasteiger partial charge is 0.465 e. The van der Waals surface area contributed by atoms with Gasteiger partial charge < -0.3 is 19.3 Å². The van der Waals surface area contributed by atoms with E-state index in [2.05, 4.69) is 0 Å². The van der Waals surface area contributed by atoms with Crippen LogP contribution in [0.2, 0.25) is 0 Å². The predicted octanol–water partition coefficient (Wildman–Crippen LogP) is 3.84. The summed E-state index contributed by atoms with van der Waals surface area (Å²) in [6.45, 7) is 2.43. The van der Waals surface area contributed by atoms with Crippen LogP contribution in [0.5, 0.6) is 0 Å². The van der Waals surface area contributed by atoms with Gasteiger partial charge in [-0.15, -0.1) is 0 Å². The molecule has 7 heteroatoms. The number of benzene rings is 2. The van der Waals surface area contributed by atoms with Gasteiger partial charge in [-0.3, -0.25) is 4.79 Å². The highest BCUT2D eigenvalue weighted by Gasteiger charge is 2.27. The average molecular weight is 432 g/mol. The number of hydrogen-bond donors (Lipinski definition) is 0. The van der Waals surface area contributed by atoms with Crippen LogP contribution in [-0.2, 0) is 19.1 Å². The van der Waals surface area contributed by atoms with Gasteiger partial charge in [0.05, 0.1) is 19.8 Å². The van der Waals surface area contributed by atoms with E-state index in [1.165, 1.54) is 25.2 Å². The van der Waals surface area contributed by atoms with Crippen molar-refractivity contribution in [2.75, 3.05) is 30.6 Å². The van der Waals surface area contributed by atoms with Gasteiger partial charge in [0.1, 0.15) is 5.70 Å². The first-order valence-electron chi connectivity index (χ1n) is 10.0. The number of carbonyl (C=O) groups excluding carboxylic acids is 3. The van der Waals surface area contributed by atoms with E-state index in [0.717, 1.165) is 5.69 Å². The number of nitrogens with zero attached hydrogens (tertiary/aromatic N) is 2. The van der Waals surface area contributed by atoms with Crippen LogP contribution < -0.4 is 9.80 Å². The maximum Gasteiger partial charge on any atom is 0.355 e. The molecule has 1 amide bonds. The second kappa shape index (κ2) is 10.3. The van der Waals surface area contributed by atoms with Crippen molar-refractivity contribution < 1.29 is 23.9 Å². The Hall–Kier alpha value is -4.13. The van der Waals surface area contributed by atoms with Crippen molar-refractivity contribution in [2.45, 2.75) is 6.92 Å². The van der Waals surface area contributed by atoms with Crippen molar-refractivity contribution >= 4 is 29.2 Å². The first kappa shape index (κ1) is 22.6. The molecule has 32 heavy (non-hydrogen) atoms. The molecule has 2 aromatic rings. The van der Waals surface area contributed by atoms with Crippen LogP contribution in [-0.4, -0.2) is 38.6 Å². The molecule has 0 aromatic heterocycles. The summed E-state index contributed by atoms with van der Waals surface area (Å²) >= 11 is 0. The molecule has 0 saturated carbocycles. The topological polar surface area (TPSA) is 76.2 Å². The summed E-state index contributed by atoms with van der Waals surface area (Å²) in [4.78, 5) is 41.1. The lowest BCUT2D eigenvalue weighted by molar-refractivity contribution is -0.139. The van der Waals surface area contributed by atoms with Gasteiger partial charge in [0.2, 0.25) is 0 Å². The fraction of sp³-hybridized carbons (Fsp3) is 0.160. The second-order valence-electron chi connectivity index (χ2n) is 6.75. The maximum atomic E-state index is 13.1. The van der Waals surface area contributed by atoms with E-state index in [1.807, 2.05) is 37.3 Å². The Morgan fingerprint density at radius 3 is 2.12 bits per heavy atom. The van der Waals surface area contributed by atoms with Gasteiger partial charge >= 0.3 is 11.9 Å². The summed E-state index contributed by atoms with van der Waals surface area (Å²) in [6, 6.07) is 16.2. The van der Waals surface area contributed by atoms with Crippen molar-refractivity contribution in [1.82, 2.24) is 0 Å². The molecule has 0 radical (unpaired) electrons. The standard InChI is InChI=1S/C25H24N2O5/c1-4-26(19-10-6-5-7-11-19)23(28)18-13-15-20(16-14-18)27-17-9-8-12-21(24(29)31-2)22(27)25(30)32-3/h5-17H,4H2,1-3H3. The van der Waals surface area contributed by atoms with E-state index in [0.29, 0.717) is 17.8 Å². The van der Waals surface area contributed by atoms with Gasteiger partial charge in [-0.25, -0.2) is 9.59 Å². The molecule has 1 aliphatic heterocycles. The van der Waals surface area contributed by atoms with E-state index >= 15 is 0 Å². The SMILES string of the molecule is CCN(C(=O)c1ccc(N2C=CC=CC(C(=O)OC)=C2C(=O)OC)cc1)c1ccccc1. The number of methoxy groups -OCH3 is 2. The lowest BCUT2D eigenvalue weighted by Crippen LogP contribution is -2.30. The summed E-state index contributed by atoms with van der Waals surface area (Å²) in [5, 5.41) is 0. The zero-order valence-corrected chi connectivity index (χ0v) is 18.1. The second-order valence-corrected chi connectivity index (χ2v) is 6.75. The van der Waals surface area contributed by atoms with Crippen molar-refractivity contribution in [3.05, 3.63) is 95.9 Å². The molecule has 7 nitrogen and oxygen atoms in total. The summed E-state index contributed by atoms with van der Waals surface area (Å²) in [5.41, 5.74) is 1.96. The number of anilines is 2. The molecular weight excluding hydrogens is 408 g/mol. The lowest BCUT2D eigenvalue weighted by Gasteiger charge is -2.24. The monoisotopic (exact) mass is 432 g/mol. The summed E-state index contributed by atoms with van der Waals surface area (Å²) in [5.74, 6) is -1.50. The Balaban J connectivity index is 1.97. The highest BCUT2D eigenvalue weighted by molar-refractivity contribution is 6.07. The van der Waals surface area contributed by atoms with Crippen molar-refractivity contribution in [2.24, 2.45) is 0 Å². The number of esters is 2. The Kier molecular flexibility index (Phi) is 7.23. The Bertz CT molecular complexity index is 1090. The zero-order valence-electron chi connectivity index (χ0n) is 18.1. The number of rotatable bonds is 6. The molecule has 0 fully saturated rings. The fourth-order valence-corrected chi connectivity index (χ4v) is 3.34. The molecule has 164 valence electrons. The normalized spacial score (nSPS) is 12.9. The van der Waals surface area contributed by atoms with E-state index < -0.39 is 11.9 Å². The van der Waals surface area contributed by atoms with Gasteiger partial charge in [0.25, 0.3) is 5.91 Å². The molecule has 0 saturated heterocycles. The molecule has 0 N–H and O–H groups in total. The zero-order chi connectivity index (χ0) is 23.1. The Morgan fingerprint density at radius 2 is 1.53 bits per heavy atom. The minimum atomic E-state index is -0.692. The van der Waals surface area contributed by atoms with Crippen LogP contribution in [0.15, 0.2) is 90.3 Å². The van der Waals surface area contributed by atoms with Gasteiger partial charge in [-0.05, 0) is 55.5 Å². The molecule has 3 rings (SSSR count). The molecule has 1 heterocycles. The van der Waals surface area contributed by atoms with Crippen LogP contribution in [0.3, 0.4) is 0 Å². The van der Waals surface area contributed by atoms with Crippen LogP contribution >= 0.6 is 0 Å². The van der Waals surface area contributed by atoms with Crippen LogP contribution in [0.25, 0.3) is 0 Å². The third-order valence-electron chi connectivity index (χ3n) is 4.91. The summed E-state index contributed by atoms with van der Waals surface area (Å²) < 4.78 is 9.73. The number of allylic oxidation sites excluding steroid dienone is 2. The maximum absolute atomic E-state index is 13.1. The van der Waals surface area contributed by atoms with E-state index in [9.17, 15) is 14.4 Å². The highest BCUT2D eigenvalue weighted by Crippen LogP contribution is 2.27. The minimum absolute atomic E-state index is 0.0166. The molecule has 0 unspecified atom stereocenters. The van der Waals surface area contributed by atoms with E-state index in [1.54, 1.807) is 47.5 Å². The third-order valence-corrected chi connectivity index (χ3v) is 4.91. The van der Waals surface area contributed by atoms with Crippen LogP contribution in [0.4, 0.5) is 11.4 Å². The predicted molar refractivity (Wildman–Crippen MR) is 122 cm³/mol. The average Bonchev–Trinajstić information content (AvgIpc) is 3.07. The lowest BCUT2D eigenvalue weighted by atomic mass is 10.1. The quantitative estimate of drug-likeness (QED) is 0.646. The first-order chi connectivity index (χ1) is 15.5. The molecule has 0 spiro atoms. The Labute approximate surface area is 186 Å². The number of hydrogen-bond acceptors (Lipinski definition) is 6. The third kappa shape index (κ3) is 4.62. The fourth-order valence-electron chi connectivity index (χ4n) is 3.34. The van der Waals surface area contributed by atoms with Crippen molar-refractivity contribution in [3.63, 3.8) is 0 Å². The molecule has 0 aliphatic carbocycles. The van der Waals surface area contributed by atoms with Gasteiger partial charge in [-0.1, -0.05) is 24.3 Å². The number of carbonyl (C=O) groups is 3. The van der Waals surface area contributed by atoms with Gasteiger partial charge in [0.15, 0.2) is 0 Å². The first-order valence-corrected chi connectivity index (χ1v) is 10.0. The summed E-state index contributed by atoms with van der Waals surface area (Å²) in [6.07, 6.45) is 6.45. The molecule has 1 aliphatic rings. The van der Waals surface area contributed by atoms with Crippen LogP contribution in [0, 0.1) is 0 Å². The number of ether oxygens (including phenoxy) is 2. The molecule has 0 bridgehead atoms. The highest BCUT2D eigenvalue weighted by atomic mass is 16.5. The molecule has 0 atom stereocenters. The summed E-state index contributed by atoms with van der Waals surface area (Å²) in [7, 11) is 2.48. The van der Waals surface area contributed by atoms with Crippen molar-refractivity contribution in [3.8, 4) is 0 Å². The molecule has 2 aromatic carbocycles. The van der Waals surface area contributed by atoms with E-state index in [-0.39, 0.29) is 17.2 Å².